The fourth-order valence-corrected chi connectivity index (χ4v) is 2.12. The van der Waals surface area contributed by atoms with Crippen LogP contribution in [0.5, 0.6) is 0 Å². The number of carboxylic acids is 1. The van der Waals surface area contributed by atoms with Gasteiger partial charge in [-0.15, -0.1) is 0 Å². The summed E-state index contributed by atoms with van der Waals surface area (Å²) < 4.78 is 10.1. The van der Waals surface area contributed by atoms with Gasteiger partial charge in [-0.05, 0) is 39.7 Å². The Labute approximate surface area is 118 Å². The molecule has 1 aliphatic carbocycles. The van der Waals surface area contributed by atoms with Gasteiger partial charge in [0.05, 0.1) is 4.48 Å². The van der Waals surface area contributed by atoms with Gasteiger partial charge in [0.25, 0.3) is 5.79 Å². The highest BCUT2D eigenvalue weighted by Gasteiger charge is 2.44. The number of esters is 1. The minimum absolute atomic E-state index is 0.162. The molecule has 0 saturated heterocycles. The van der Waals surface area contributed by atoms with Gasteiger partial charge in [0.1, 0.15) is 6.10 Å². The molecule has 0 spiro atoms. The Balaban J connectivity index is 3.08. The molecular weight excluding hydrogens is 320 g/mol. The van der Waals surface area contributed by atoms with Crippen LogP contribution in [0.25, 0.3) is 0 Å². The molecule has 0 aromatic rings. The minimum atomic E-state index is -1.96. The van der Waals surface area contributed by atoms with Crippen LogP contribution in [-0.4, -0.2) is 41.2 Å². The van der Waals surface area contributed by atoms with Crippen LogP contribution in [0.2, 0.25) is 0 Å². The SMILES string of the molecule is COC1C=C(/C=C/C(=O)O)C=C(Br)C1(O)OC(C)=O. The lowest BCUT2D eigenvalue weighted by atomic mass is 9.98. The molecule has 0 radical (unpaired) electrons. The second kappa shape index (κ2) is 6.14. The standard InChI is InChI=1S/C12H13BrO6/c1-7(14)19-12(17)9(13)5-8(3-4-11(15)16)6-10(12)18-2/h3-6,10,17H,1-2H3,(H,15,16)/b4-3+. The summed E-state index contributed by atoms with van der Waals surface area (Å²) in [5.41, 5.74) is 0.498. The van der Waals surface area contributed by atoms with Crippen molar-refractivity contribution in [2.24, 2.45) is 0 Å². The summed E-state index contributed by atoms with van der Waals surface area (Å²) in [7, 11) is 1.33. The average molecular weight is 333 g/mol. The number of methoxy groups -OCH3 is 1. The summed E-state index contributed by atoms with van der Waals surface area (Å²) in [6.07, 6.45) is 4.23. The van der Waals surface area contributed by atoms with Crippen molar-refractivity contribution < 1.29 is 29.3 Å². The summed E-state index contributed by atoms with van der Waals surface area (Å²) in [5, 5.41) is 18.9. The molecule has 19 heavy (non-hydrogen) atoms. The van der Waals surface area contributed by atoms with Gasteiger partial charge >= 0.3 is 11.9 Å². The lowest BCUT2D eigenvalue weighted by Crippen LogP contribution is -2.48. The second-order valence-electron chi connectivity index (χ2n) is 3.78. The molecule has 2 atom stereocenters. The highest BCUT2D eigenvalue weighted by molar-refractivity contribution is 9.11. The van der Waals surface area contributed by atoms with Crippen LogP contribution < -0.4 is 0 Å². The second-order valence-corrected chi connectivity index (χ2v) is 4.63. The summed E-state index contributed by atoms with van der Waals surface area (Å²) in [6, 6.07) is 0. The maximum atomic E-state index is 11.0. The van der Waals surface area contributed by atoms with Gasteiger partial charge in [-0.3, -0.25) is 4.79 Å². The van der Waals surface area contributed by atoms with Crippen LogP contribution in [0.15, 0.2) is 34.4 Å². The Morgan fingerprint density at radius 1 is 1.53 bits per heavy atom. The van der Waals surface area contributed by atoms with Gasteiger partial charge in [-0.1, -0.05) is 0 Å². The Morgan fingerprint density at radius 2 is 2.16 bits per heavy atom. The number of carbonyl (C=O) groups excluding carboxylic acids is 1. The van der Waals surface area contributed by atoms with Gasteiger partial charge < -0.3 is 19.7 Å². The van der Waals surface area contributed by atoms with E-state index in [1.54, 1.807) is 0 Å². The number of ether oxygens (including phenoxy) is 2. The Bertz CT molecular complexity index is 479. The average Bonchev–Trinajstić information content (AvgIpc) is 2.29. The first-order valence-electron chi connectivity index (χ1n) is 5.25. The molecule has 0 amide bonds. The zero-order valence-corrected chi connectivity index (χ0v) is 11.9. The van der Waals surface area contributed by atoms with E-state index in [1.165, 1.54) is 25.3 Å². The first-order chi connectivity index (χ1) is 8.79. The fraction of sp³-hybridized carbons (Fsp3) is 0.333. The third-order valence-electron chi connectivity index (χ3n) is 2.34. The topological polar surface area (TPSA) is 93.1 Å². The van der Waals surface area contributed by atoms with Crippen molar-refractivity contribution >= 4 is 27.9 Å². The van der Waals surface area contributed by atoms with Gasteiger partial charge in [-0.25, -0.2) is 4.79 Å². The normalized spacial score (nSPS) is 26.8. The summed E-state index contributed by atoms with van der Waals surface area (Å²) in [5.74, 6) is -3.73. The predicted octanol–water partition coefficient (Wildman–Crippen LogP) is 1.11. The molecule has 7 heteroatoms. The third kappa shape index (κ3) is 3.76. The van der Waals surface area contributed by atoms with E-state index in [4.69, 9.17) is 14.6 Å². The first-order valence-corrected chi connectivity index (χ1v) is 6.04. The quantitative estimate of drug-likeness (QED) is 0.455. The Kier molecular flexibility index (Phi) is 5.04. The van der Waals surface area contributed by atoms with Crippen molar-refractivity contribution in [3.8, 4) is 0 Å². The van der Waals surface area contributed by atoms with Crippen molar-refractivity contribution in [1.29, 1.82) is 0 Å². The van der Waals surface area contributed by atoms with Gasteiger partial charge in [0.2, 0.25) is 0 Å². The van der Waals surface area contributed by atoms with E-state index in [9.17, 15) is 14.7 Å². The number of rotatable bonds is 4. The van der Waals surface area contributed by atoms with E-state index < -0.39 is 23.8 Å². The van der Waals surface area contributed by atoms with E-state index >= 15 is 0 Å². The third-order valence-corrected chi connectivity index (χ3v) is 3.13. The van der Waals surface area contributed by atoms with Crippen molar-refractivity contribution in [1.82, 2.24) is 0 Å². The van der Waals surface area contributed by atoms with E-state index in [0.717, 1.165) is 13.0 Å². The Hall–Kier alpha value is -1.44. The van der Waals surface area contributed by atoms with Crippen LogP contribution in [0.3, 0.4) is 0 Å². The van der Waals surface area contributed by atoms with Crippen LogP contribution >= 0.6 is 15.9 Å². The zero-order valence-electron chi connectivity index (χ0n) is 10.3. The molecule has 0 saturated carbocycles. The molecule has 0 fully saturated rings. The molecule has 0 heterocycles. The van der Waals surface area contributed by atoms with E-state index in [2.05, 4.69) is 15.9 Å². The van der Waals surface area contributed by atoms with Crippen molar-refractivity contribution in [2.75, 3.05) is 7.11 Å². The Morgan fingerprint density at radius 3 is 2.63 bits per heavy atom. The molecular formula is C12H13BrO6. The van der Waals surface area contributed by atoms with Crippen LogP contribution in [-0.2, 0) is 19.1 Å². The molecule has 0 bridgehead atoms. The van der Waals surface area contributed by atoms with Gasteiger partial charge in [0.15, 0.2) is 0 Å². The molecule has 0 aromatic carbocycles. The van der Waals surface area contributed by atoms with Crippen LogP contribution in [0.1, 0.15) is 6.92 Å². The first kappa shape index (κ1) is 15.6. The highest BCUT2D eigenvalue weighted by atomic mass is 79.9. The van der Waals surface area contributed by atoms with Crippen molar-refractivity contribution in [2.45, 2.75) is 18.8 Å². The van der Waals surface area contributed by atoms with Crippen LogP contribution in [0.4, 0.5) is 0 Å². The molecule has 0 aromatic heterocycles. The fourth-order valence-electron chi connectivity index (χ4n) is 1.55. The number of hydrogen-bond donors (Lipinski definition) is 2. The summed E-state index contributed by atoms with van der Waals surface area (Å²) >= 11 is 3.10. The lowest BCUT2D eigenvalue weighted by molar-refractivity contribution is -0.218. The van der Waals surface area contributed by atoms with Crippen LogP contribution in [0, 0.1) is 0 Å². The molecule has 2 N–H and O–H groups in total. The van der Waals surface area contributed by atoms with Crippen molar-refractivity contribution in [3.05, 3.63) is 34.4 Å². The number of carbonyl (C=O) groups is 2. The zero-order chi connectivity index (χ0) is 14.6. The smallest absolute Gasteiger partial charge is 0.328 e. The van der Waals surface area contributed by atoms with Gasteiger partial charge in [-0.2, -0.15) is 0 Å². The predicted molar refractivity (Wildman–Crippen MR) is 69.4 cm³/mol. The largest absolute Gasteiger partial charge is 0.478 e. The van der Waals surface area contributed by atoms with E-state index in [0.29, 0.717) is 5.57 Å². The maximum absolute atomic E-state index is 11.0. The highest BCUT2D eigenvalue weighted by Crippen LogP contribution is 2.35. The lowest BCUT2D eigenvalue weighted by Gasteiger charge is -2.35. The van der Waals surface area contributed by atoms with Gasteiger partial charge in [0, 0.05) is 20.1 Å². The molecule has 6 nitrogen and oxygen atoms in total. The minimum Gasteiger partial charge on any atom is -0.478 e. The number of aliphatic hydroxyl groups is 1. The molecule has 1 rings (SSSR count). The number of carboxylic acid groups (broad SMARTS) is 1. The monoisotopic (exact) mass is 332 g/mol. The molecule has 0 aliphatic heterocycles. The molecule has 104 valence electrons. The van der Waals surface area contributed by atoms with Crippen molar-refractivity contribution in [3.63, 3.8) is 0 Å². The van der Waals surface area contributed by atoms with E-state index in [1.807, 2.05) is 0 Å². The molecule has 1 aliphatic rings. The summed E-state index contributed by atoms with van der Waals surface area (Å²) in [4.78, 5) is 21.5. The number of aliphatic carboxylic acids is 1. The summed E-state index contributed by atoms with van der Waals surface area (Å²) in [6.45, 7) is 1.16. The number of halogens is 1. The molecule has 2 unspecified atom stereocenters. The maximum Gasteiger partial charge on any atom is 0.328 e. The number of hydrogen-bond acceptors (Lipinski definition) is 5. The van der Waals surface area contributed by atoms with E-state index in [-0.39, 0.29) is 4.48 Å². The number of allylic oxidation sites excluding steroid dienone is 3.